The van der Waals surface area contributed by atoms with Crippen molar-refractivity contribution in [1.82, 2.24) is 10.2 Å². The number of ether oxygens (including phenoxy) is 2. The number of carbonyl (C=O) groups excluding carboxylic acids is 2. The van der Waals surface area contributed by atoms with Crippen LogP contribution < -0.4 is 15.0 Å². The third-order valence-electron chi connectivity index (χ3n) is 7.95. The lowest BCUT2D eigenvalue weighted by molar-refractivity contribution is -0.153. The van der Waals surface area contributed by atoms with E-state index in [-0.39, 0.29) is 48.3 Å². The Balaban J connectivity index is 0.00000529. The van der Waals surface area contributed by atoms with E-state index in [9.17, 15) is 24.6 Å². The first-order chi connectivity index (χ1) is 20.3. The van der Waals surface area contributed by atoms with Crippen LogP contribution in [0.4, 0.5) is 5.69 Å². The smallest absolute Gasteiger partial charge is 0.332 e. The molecule has 0 spiro atoms. The van der Waals surface area contributed by atoms with Gasteiger partial charge in [-0.1, -0.05) is 27.7 Å². The number of nitrogens with one attached hydrogen (secondary N) is 2. The number of benzene rings is 2. The van der Waals surface area contributed by atoms with Crippen LogP contribution in [-0.4, -0.2) is 84.1 Å². The van der Waals surface area contributed by atoms with Crippen LogP contribution in [0.5, 0.6) is 11.5 Å². The van der Waals surface area contributed by atoms with Crippen molar-refractivity contribution in [2.75, 3.05) is 38.2 Å². The van der Waals surface area contributed by atoms with Crippen LogP contribution in [0, 0.1) is 5.41 Å². The molecule has 2 atom stereocenters. The zero-order chi connectivity index (χ0) is 31.6. The summed E-state index contributed by atoms with van der Waals surface area (Å²) in [5.41, 5.74) is 2.76. The highest BCUT2D eigenvalue weighted by Crippen LogP contribution is 2.41. The molecular weight excluding hydrogens is 588 g/mol. The topological polar surface area (TPSA) is 152 Å². The minimum absolute atomic E-state index is 0. The minimum Gasteiger partial charge on any atom is -0.505 e. The van der Waals surface area contributed by atoms with E-state index in [1.807, 2.05) is 32.6 Å². The number of ketones is 1. The van der Waals surface area contributed by atoms with E-state index in [2.05, 4.69) is 5.32 Å². The molecule has 2 aromatic carbocycles. The average Bonchev–Trinajstić information content (AvgIpc) is 3.54. The lowest BCUT2D eigenvalue weighted by Crippen LogP contribution is -2.32. The number of hydrogen-bond acceptors (Lipinski definition) is 8. The number of phenols is 1. The van der Waals surface area contributed by atoms with Crippen molar-refractivity contribution in [2.24, 2.45) is 0 Å². The number of nitrogens with zero attached hydrogens (tertiary/aromatic N) is 2. The second-order valence-corrected chi connectivity index (χ2v) is 12.0. The van der Waals surface area contributed by atoms with E-state index in [1.54, 1.807) is 36.1 Å². The molecule has 1 fully saturated rings. The van der Waals surface area contributed by atoms with Crippen molar-refractivity contribution in [3.05, 3.63) is 52.1 Å². The molecule has 11 nitrogen and oxygen atoms in total. The summed E-state index contributed by atoms with van der Waals surface area (Å²) in [6, 6.07) is 6.79. The van der Waals surface area contributed by atoms with Crippen LogP contribution >= 0.6 is 12.4 Å². The Morgan fingerprint density at radius 3 is 2.45 bits per heavy atom. The first-order valence-electron chi connectivity index (χ1n) is 14.7. The molecule has 4 rings (SSSR count). The van der Waals surface area contributed by atoms with Gasteiger partial charge in [-0.3, -0.25) is 15.0 Å². The molecule has 2 aromatic rings. The van der Waals surface area contributed by atoms with Gasteiger partial charge in [-0.2, -0.15) is 0 Å². The van der Waals surface area contributed by atoms with Gasteiger partial charge < -0.3 is 34.8 Å². The Labute approximate surface area is 264 Å². The molecule has 44 heavy (non-hydrogen) atoms. The van der Waals surface area contributed by atoms with Crippen LogP contribution in [0.2, 0.25) is 0 Å². The molecular formula is C32H43ClN4O7. The summed E-state index contributed by atoms with van der Waals surface area (Å²) in [5.74, 6) is -0.870. The molecule has 0 radical (unpaired) electrons. The fourth-order valence-corrected chi connectivity index (χ4v) is 5.63. The highest BCUT2D eigenvalue weighted by Gasteiger charge is 2.33. The number of anilines is 1. The fraction of sp³-hybridized carbons (Fsp3) is 0.500. The minimum atomic E-state index is -1.000. The van der Waals surface area contributed by atoms with Gasteiger partial charge in [0.15, 0.2) is 11.9 Å². The number of Topliss-reactive ketones (excluding diaryl/α,β-unsaturated/α-hetero) is 1. The highest BCUT2D eigenvalue weighted by atomic mass is 35.5. The SMILES string of the molecule is CCOc1cc2c(cc1C(=O)NC)C(=N)N(CC(=O)c1cc(N3CCC(OC(CC)C(=O)O)C3)c(O)c(C(C)(C)C)c1)C2.Cl. The standard InChI is InChI=1S/C32H42N4O7.ClH/c1-7-26(31(40)41)43-20-9-10-35(16-20)24-12-18(11-23(28(24)38)32(3,4)5)25(37)17-36-15-19-13-27(42-8-2)22(30(39)34-6)14-21(19)29(36)33;/h11-14,20,26,33,38H,7-10,15-17H2,1-6H3,(H,34,39)(H,40,41);1H. The van der Waals surface area contributed by atoms with E-state index >= 15 is 0 Å². The summed E-state index contributed by atoms with van der Waals surface area (Å²) in [7, 11) is 1.53. The number of carbonyl (C=O) groups is 3. The first kappa shape index (κ1) is 34.7. The van der Waals surface area contributed by atoms with Gasteiger partial charge in [0.2, 0.25) is 0 Å². The molecule has 4 N–H and O–H groups in total. The van der Waals surface area contributed by atoms with Gasteiger partial charge in [0, 0.05) is 43.4 Å². The monoisotopic (exact) mass is 630 g/mol. The normalized spacial score (nSPS) is 16.8. The summed E-state index contributed by atoms with van der Waals surface area (Å²) in [6.07, 6.45) is -0.265. The number of rotatable bonds is 11. The zero-order valence-corrected chi connectivity index (χ0v) is 27.0. The zero-order valence-electron chi connectivity index (χ0n) is 26.2. The Kier molecular flexibility index (Phi) is 10.9. The molecule has 0 saturated carbocycles. The van der Waals surface area contributed by atoms with Crippen molar-refractivity contribution in [1.29, 1.82) is 5.41 Å². The Morgan fingerprint density at radius 1 is 1.16 bits per heavy atom. The molecule has 1 saturated heterocycles. The molecule has 2 heterocycles. The van der Waals surface area contributed by atoms with E-state index in [0.29, 0.717) is 72.8 Å². The summed E-state index contributed by atoms with van der Waals surface area (Å²) in [4.78, 5) is 41.3. The largest absolute Gasteiger partial charge is 0.505 e. The molecule has 0 aliphatic carbocycles. The third kappa shape index (κ3) is 7.10. The Hall–Kier alpha value is -3.83. The second-order valence-electron chi connectivity index (χ2n) is 12.0. The second kappa shape index (κ2) is 13.9. The van der Waals surface area contributed by atoms with Crippen molar-refractivity contribution in [2.45, 2.75) is 71.6 Å². The van der Waals surface area contributed by atoms with E-state index in [0.717, 1.165) is 5.56 Å². The van der Waals surface area contributed by atoms with Gasteiger partial charge in [-0.15, -0.1) is 12.4 Å². The molecule has 2 unspecified atom stereocenters. The average molecular weight is 631 g/mol. The van der Waals surface area contributed by atoms with E-state index in [4.69, 9.17) is 14.9 Å². The highest BCUT2D eigenvalue weighted by molar-refractivity contribution is 6.08. The molecule has 2 aliphatic rings. The number of halogens is 1. The van der Waals surface area contributed by atoms with Crippen molar-refractivity contribution in [3.63, 3.8) is 0 Å². The Morgan fingerprint density at radius 2 is 1.86 bits per heavy atom. The maximum atomic E-state index is 13.8. The van der Waals surface area contributed by atoms with E-state index < -0.39 is 17.5 Å². The van der Waals surface area contributed by atoms with Gasteiger partial charge in [0.05, 0.1) is 30.5 Å². The van der Waals surface area contributed by atoms with E-state index in [1.165, 1.54) is 7.05 Å². The summed E-state index contributed by atoms with van der Waals surface area (Å²) in [5, 5.41) is 32.1. The molecule has 0 aromatic heterocycles. The van der Waals surface area contributed by atoms with Crippen LogP contribution in [0.1, 0.15) is 84.9 Å². The van der Waals surface area contributed by atoms with Crippen LogP contribution in [-0.2, 0) is 21.5 Å². The van der Waals surface area contributed by atoms with Gasteiger partial charge in [0.25, 0.3) is 5.91 Å². The quantitative estimate of drug-likeness (QED) is 0.265. The number of amides is 1. The lowest BCUT2D eigenvalue weighted by Gasteiger charge is -2.28. The van der Waals surface area contributed by atoms with Gasteiger partial charge in [-0.25, -0.2) is 4.79 Å². The maximum absolute atomic E-state index is 13.8. The number of aliphatic carboxylic acids is 1. The predicted molar refractivity (Wildman–Crippen MR) is 170 cm³/mol. The fourth-order valence-electron chi connectivity index (χ4n) is 5.63. The number of carboxylic acid groups (broad SMARTS) is 1. The number of phenolic OH excluding ortho intramolecular Hbond substituents is 1. The summed E-state index contributed by atoms with van der Waals surface area (Å²) < 4.78 is 11.5. The first-order valence-corrected chi connectivity index (χ1v) is 14.7. The Bertz CT molecular complexity index is 1440. The summed E-state index contributed by atoms with van der Waals surface area (Å²) >= 11 is 0. The van der Waals surface area contributed by atoms with Gasteiger partial charge >= 0.3 is 5.97 Å². The van der Waals surface area contributed by atoms with Gasteiger partial charge in [0.1, 0.15) is 17.3 Å². The third-order valence-corrected chi connectivity index (χ3v) is 7.95. The van der Waals surface area contributed by atoms with Crippen molar-refractivity contribution >= 4 is 41.6 Å². The van der Waals surface area contributed by atoms with Crippen molar-refractivity contribution in [3.8, 4) is 11.5 Å². The predicted octanol–water partition coefficient (Wildman–Crippen LogP) is 4.35. The number of fused-ring (bicyclic) bond motifs is 1. The molecule has 0 bridgehead atoms. The van der Waals surface area contributed by atoms with Crippen LogP contribution in [0.3, 0.4) is 0 Å². The number of aromatic hydroxyl groups is 1. The number of carboxylic acids is 1. The molecule has 240 valence electrons. The molecule has 12 heteroatoms. The number of amidine groups is 1. The van der Waals surface area contributed by atoms with Gasteiger partial charge in [-0.05, 0) is 55.0 Å². The van der Waals surface area contributed by atoms with Crippen LogP contribution in [0.15, 0.2) is 24.3 Å². The lowest BCUT2D eigenvalue weighted by atomic mass is 9.84. The number of hydrogen-bond donors (Lipinski definition) is 4. The maximum Gasteiger partial charge on any atom is 0.332 e. The molecule has 2 aliphatic heterocycles. The van der Waals surface area contributed by atoms with Crippen LogP contribution in [0.25, 0.3) is 0 Å². The van der Waals surface area contributed by atoms with Crippen molar-refractivity contribution < 1.29 is 34.1 Å². The molecule has 1 amide bonds. The summed E-state index contributed by atoms with van der Waals surface area (Å²) in [6.45, 7) is 11.0.